The van der Waals surface area contributed by atoms with Gasteiger partial charge in [0.25, 0.3) is 0 Å². The third-order valence-corrected chi connectivity index (χ3v) is 5.03. The molecule has 2 aromatic heterocycles. The first-order valence-corrected chi connectivity index (χ1v) is 8.50. The van der Waals surface area contributed by atoms with Gasteiger partial charge in [-0.3, -0.25) is 14.4 Å². The van der Waals surface area contributed by atoms with E-state index in [0.29, 0.717) is 6.54 Å². The van der Waals surface area contributed by atoms with Gasteiger partial charge in [-0.15, -0.1) is 11.3 Å². The van der Waals surface area contributed by atoms with Crippen molar-refractivity contribution < 1.29 is 4.79 Å². The molecular weight excluding hydrogens is 296 g/mol. The van der Waals surface area contributed by atoms with Crippen molar-refractivity contribution in [2.45, 2.75) is 25.4 Å². The smallest absolute Gasteiger partial charge is 0.237 e. The number of rotatable bonds is 5. The van der Waals surface area contributed by atoms with Crippen LogP contribution >= 0.6 is 11.3 Å². The highest BCUT2D eigenvalue weighted by molar-refractivity contribution is 7.10. The molecule has 1 unspecified atom stereocenters. The Hall–Kier alpha value is -1.66. The molecule has 6 heteroatoms. The molecule has 1 aliphatic heterocycles. The van der Waals surface area contributed by atoms with Crippen molar-refractivity contribution in [1.29, 1.82) is 0 Å². The molecule has 118 valence electrons. The van der Waals surface area contributed by atoms with E-state index in [-0.39, 0.29) is 11.9 Å². The number of hydrogen-bond acceptors (Lipinski definition) is 4. The van der Waals surface area contributed by atoms with Crippen LogP contribution in [0.2, 0.25) is 0 Å². The van der Waals surface area contributed by atoms with Gasteiger partial charge in [0.2, 0.25) is 5.91 Å². The van der Waals surface area contributed by atoms with Crippen LogP contribution in [0.5, 0.6) is 0 Å². The van der Waals surface area contributed by atoms with E-state index in [4.69, 9.17) is 0 Å². The zero-order chi connectivity index (χ0) is 15.5. The highest BCUT2D eigenvalue weighted by atomic mass is 32.1. The van der Waals surface area contributed by atoms with Crippen molar-refractivity contribution >= 4 is 17.2 Å². The lowest BCUT2D eigenvalue weighted by atomic mass is 10.2. The zero-order valence-corrected chi connectivity index (χ0v) is 13.9. The average molecular weight is 318 g/mol. The molecule has 0 saturated carbocycles. The Kier molecular flexibility index (Phi) is 4.59. The van der Waals surface area contributed by atoms with Gasteiger partial charge in [-0.1, -0.05) is 6.07 Å². The maximum Gasteiger partial charge on any atom is 0.237 e. The summed E-state index contributed by atoms with van der Waals surface area (Å²) in [6.45, 7) is 2.08. The van der Waals surface area contributed by atoms with Crippen LogP contribution in [-0.4, -0.2) is 45.6 Å². The van der Waals surface area contributed by atoms with Crippen LogP contribution in [0.3, 0.4) is 0 Å². The molecule has 3 heterocycles. The van der Waals surface area contributed by atoms with E-state index in [9.17, 15) is 4.79 Å². The Labute approximate surface area is 135 Å². The van der Waals surface area contributed by atoms with E-state index in [1.54, 1.807) is 16.0 Å². The summed E-state index contributed by atoms with van der Waals surface area (Å²) in [4.78, 5) is 18.0. The van der Waals surface area contributed by atoms with Crippen molar-refractivity contribution in [1.82, 2.24) is 19.6 Å². The molecule has 0 radical (unpaired) electrons. The molecule has 22 heavy (non-hydrogen) atoms. The highest BCUT2D eigenvalue weighted by Gasteiger charge is 2.30. The van der Waals surface area contributed by atoms with E-state index in [2.05, 4.69) is 27.5 Å². The average Bonchev–Trinajstić information content (AvgIpc) is 3.17. The van der Waals surface area contributed by atoms with E-state index in [1.807, 2.05) is 31.4 Å². The molecule has 1 atom stereocenters. The van der Waals surface area contributed by atoms with Gasteiger partial charge in [0.05, 0.1) is 18.8 Å². The topological polar surface area (TPSA) is 41.4 Å². The maximum absolute atomic E-state index is 12.6. The summed E-state index contributed by atoms with van der Waals surface area (Å²) < 4.78 is 1.79. The lowest BCUT2D eigenvalue weighted by Gasteiger charge is -2.26. The Morgan fingerprint density at radius 3 is 3.09 bits per heavy atom. The first kappa shape index (κ1) is 15.2. The third kappa shape index (κ3) is 3.39. The van der Waals surface area contributed by atoms with Crippen LogP contribution in [0.1, 0.15) is 29.3 Å². The fourth-order valence-electron chi connectivity index (χ4n) is 3.08. The molecule has 0 aliphatic carbocycles. The second-order valence-corrected chi connectivity index (χ2v) is 6.93. The van der Waals surface area contributed by atoms with E-state index >= 15 is 0 Å². The van der Waals surface area contributed by atoms with E-state index in [0.717, 1.165) is 31.5 Å². The summed E-state index contributed by atoms with van der Waals surface area (Å²) in [5, 5.41) is 6.26. The van der Waals surface area contributed by atoms with Crippen molar-refractivity contribution in [2.24, 2.45) is 7.05 Å². The summed E-state index contributed by atoms with van der Waals surface area (Å²) in [6.07, 6.45) is 6.02. The van der Waals surface area contributed by atoms with Gasteiger partial charge in [-0.2, -0.15) is 5.10 Å². The molecule has 5 nitrogen and oxygen atoms in total. The van der Waals surface area contributed by atoms with Crippen LogP contribution in [0.25, 0.3) is 0 Å². The molecule has 0 aromatic carbocycles. The molecule has 3 rings (SSSR count). The molecule has 0 spiro atoms. The second-order valence-electron chi connectivity index (χ2n) is 5.96. The molecule has 0 N–H and O–H groups in total. The minimum Gasteiger partial charge on any atom is -0.334 e. The molecule has 0 bridgehead atoms. The fraction of sp³-hybridized carbons (Fsp3) is 0.500. The maximum atomic E-state index is 12.6. The van der Waals surface area contributed by atoms with Crippen molar-refractivity contribution in [3.63, 3.8) is 0 Å². The van der Waals surface area contributed by atoms with Gasteiger partial charge in [-0.25, -0.2) is 0 Å². The fourth-order valence-corrected chi connectivity index (χ4v) is 3.96. The summed E-state index contributed by atoms with van der Waals surface area (Å²) in [6, 6.07) is 4.48. The van der Waals surface area contributed by atoms with Crippen LogP contribution in [0, 0.1) is 0 Å². The predicted molar refractivity (Wildman–Crippen MR) is 87.5 cm³/mol. The van der Waals surface area contributed by atoms with Crippen molar-refractivity contribution in [3.05, 3.63) is 40.3 Å². The number of likely N-dealkylation sites (N-methyl/N-ethyl adjacent to an activating group) is 1. The molecule has 2 aromatic rings. The minimum atomic E-state index is 0.224. The molecule has 1 fully saturated rings. The molecular formula is C16H22N4OS. The third-order valence-electron chi connectivity index (χ3n) is 4.06. The normalized spacial score (nSPS) is 18.3. The first-order chi connectivity index (χ1) is 10.6. The summed E-state index contributed by atoms with van der Waals surface area (Å²) in [5.74, 6) is 0.224. The van der Waals surface area contributed by atoms with Crippen LogP contribution < -0.4 is 0 Å². The van der Waals surface area contributed by atoms with Gasteiger partial charge in [-0.05, 0) is 31.3 Å². The number of hydrogen-bond donors (Lipinski definition) is 0. The Balaban J connectivity index is 1.59. The van der Waals surface area contributed by atoms with Gasteiger partial charge in [0.1, 0.15) is 0 Å². The monoisotopic (exact) mass is 318 g/mol. The number of aromatic nitrogens is 2. The lowest BCUT2D eigenvalue weighted by Crippen LogP contribution is -2.38. The molecule has 1 aliphatic rings. The second kappa shape index (κ2) is 6.62. The highest BCUT2D eigenvalue weighted by Crippen LogP contribution is 2.34. The van der Waals surface area contributed by atoms with Crippen molar-refractivity contribution in [2.75, 3.05) is 20.1 Å². The van der Waals surface area contributed by atoms with E-state index in [1.165, 1.54) is 4.88 Å². The quantitative estimate of drug-likeness (QED) is 0.849. The number of likely N-dealkylation sites (tertiary alicyclic amines) is 1. The largest absolute Gasteiger partial charge is 0.334 e. The Morgan fingerprint density at radius 1 is 1.55 bits per heavy atom. The van der Waals surface area contributed by atoms with Crippen LogP contribution in [0.4, 0.5) is 0 Å². The lowest BCUT2D eigenvalue weighted by molar-refractivity contribution is -0.133. The Morgan fingerprint density at radius 2 is 2.41 bits per heavy atom. The molecule has 1 saturated heterocycles. The number of amides is 1. The number of carbonyl (C=O) groups is 1. The summed E-state index contributed by atoms with van der Waals surface area (Å²) >= 11 is 1.75. The Bertz CT molecular complexity index is 622. The van der Waals surface area contributed by atoms with Crippen molar-refractivity contribution in [3.8, 4) is 0 Å². The number of carbonyl (C=O) groups excluding carboxylic acids is 1. The van der Waals surface area contributed by atoms with Gasteiger partial charge in [0.15, 0.2) is 0 Å². The zero-order valence-electron chi connectivity index (χ0n) is 13.1. The van der Waals surface area contributed by atoms with E-state index < -0.39 is 0 Å². The summed E-state index contributed by atoms with van der Waals surface area (Å²) in [7, 11) is 3.89. The SMILES string of the molecule is CN(CC(=O)N1CCCC1c1cccs1)Cc1cnn(C)c1. The predicted octanol–water partition coefficient (Wildman–Crippen LogP) is 2.28. The van der Waals surface area contributed by atoms with Crippen LogP contribution in [-0.2, 0) is 18.4 Å². The van der Waals surface area contributed by atoms with Gasteiger partial charge in [0, 0.05) is 36.8 Å². The van der Waals surface area contributed by atoms with Gasteiger partial charge < -0.3 is 4.90 Å². The number of thiophene rings is 1. The van der Waals surface area contributed by atoms with Gasteiger partial charge >= 0.3 is 0 Å². The summed E-state index contributed by atoms with van der Waals surface area (Å²) in [5.41, 5.74) is 1.13. The standard InChI is InChI=1S/C16H22N4OS/c1-18(10-13-9-17-19(2)11-13)12-16(21)20-7-3-5-14(20)15-6-4-8-22-15/h4,6,8-9,11,14H,3,5,7,10,12H2,1-2H3. The molecule has 1 amide bonds. The minimum absolute atomic E-state index is 0.224. The first-order valence-electron chi connectivity index (χ1n) is 7.62. The number of aryl methyl sites for hydroxylation is 1. The number of nitrogens with zero attached hydrogens (tertiary/aromatic N) is 4. The van der Waals surface area contributed by atoms with Crippen LogP contribution in [0.15, 0.2) is 29.9 Å².